The molecule has 0 radical (unpaired) electrons. The number of hydrogen-bond acceptors (Lipinski definition) is 1. The summed E-state index contributed by atoms with van der Waals surface area (Å²) in [6, 6.07) is 0. The summed E-state index contributed by atoms with van der Waals surface area (Å²) in [5.41, 5.74) is 0. The van der Waals surface area contributed by atoms with Crippen molar-refractivity contribution in [2.24, 2.45) is 17.8 Å². The van der Waals surface area contributed by atoms with Crippen molar-refractivity contribution < 1.29 is 0 Å². The van der Waals surface area contributed by atoms with Crippen LogP contribution in [-0.4, -0.2) is 13.1 Å². The molecule has 1 N–H and O–H groups in total. The Labute approximate surface area is 88.7 Å². The van der Waals surface area contributed by atoms with Gasteiger partial charge in [0, 0.05) is 0 Å². The molecule has 1 saturated heterocycles. The van der Waals surface area contributed by atoms with Gasteiger partial charge in [0.1, 0.15) is 0 Å². The van der Waals surface area contributed by atoms with Gasteiger partial charge in [0.15, 0.2) is 0 Å². The molecule has 1 aliphatic carbocycles. The second kappa shape index (κ2) is 5.16. The fraction of sp³-hybridized carbons (Fsp3) is 1.00. The Morgan fingerprint density at radius 1 is 1.07 bits per heavy atom. The lowest BCUT2D eigenvalue weighted by atomic mass is 9.76. The van der Waals surface area contributed by atoms with Crippen LogP contribution in [0.1, 0.15) is 51.9 Å². The highest BCUT2D eigenvalue weighted by atomic mass is 14.9. The van der Waals surface area contributed by atoms with Gasteiger partial charge in [0.25, 0.3) is 0 Å². The van der Waals surface area contributed by atoms with E-state index in [0.29, 0.717) is 0 Å². The largest absolute Gasteiger partial charge is 0.316 e. The molecule has 2 fully saturated rings. The quantitative estimate of drug-likeness (QED) is 0.729. The van der Waals surface area contributed by atoms with Crippen LogP contribution in [0.3, 0.4) is 0 Å². The monoisotopic (exact) mass is 195 g/mol. The molecule has 0 bridgehead atoms. The van der Waals surface area contributed by atoms with Crippen molar-refractivity contribution in [2.75, 3.05) is 13.1 Å². The van der Waals surface area contributed by atoms with E-state index in [1.807, 2.05) is 0 Å². The highest BCUT2D eigenvalue weighted by Gasteiger charge is 2.24. The lowest BCUT2D eigenvalue weighted by molar-refractivity contribution is 0.227. The molecule has 3 unspecified atom stereocenters. The fourth-order valence-electron chi connectivity index (χ4n) is 3.37. The molecule has 0 aromatic rings. The number of nitrogens with one attached hydrogen (secondary N) is 1. The summed E-state index contributed by atoms with van der Waals surface area (Å²) in [5.74, 6) is 3.14. The third-order valence-corrected chi connectivity index (χ3v) is 4.30. The minimum absolute atomic E-state index is 1.01. The summed E-state index contributed by atoms with van der Waals surface area (Å²) < 4.78 is 0. The molecule has 2 rings (SSSR count). The standard InChI is InChI=1S/C13H25N/c1-2-11-4-3-5-12(8-11)9-13-6-7-14-10-13/h11-14H,2-10H2,1H3. The Morgan fingerprint density at radius 2 is 1.93 bits per heavy atom. The average Bonchev–Trinajstić information content (AvgIpc) is 2.71. The van der Waals surface area contributed by atoms with Crippen molar-refractivity contribution in [1.82, 2.24) is 5.32 Å². The second-order valence-corrected chi connectivity index (χ2v) is 5.40. The maximum absolute atomic E-state index is 3.49. The molecule has 82 valence electrons. The van der Waals surface area contributed by atoms with Gasteiger partial charge < -0.3 is 5.32 Å². The van der Waals surface area contributed by atoms with Crippen LogP contribution in [0.25, 0.3) is 0 Å². The van der Waals surface area contributed by atoms with Crippen LogP contribution in [0.15, 0.2) is 0 Å². The Hall–Kier alpha value is -0.0400. The van der Waals surface area contributed by atoms with Crippen molar-refractivity contribution in [3.8, 4) is 0 Å². The normalized spacial score (nSPS) is 38.8. The summed E-state index contributed by atoms with van der Waals surface area (Å²) >= 11 is 0. The third kappa shape index (κ3) is 2.73. The molecule has 1 heterocycles. The second-order valence-electron chi connectivity index (χ2n) is 5.40. The molecule has 0 aromatic heterocycles. The van der Waals surface area contributed by atoms with Crippen LogP contribution in [0, 0.1) is 17.8 Å². The minimum atomic E-state index is 1.01. The predicted molar refractivity (Wildman–Crippen MR) is 61.3 cm³/mol. The molecule has 1 heteroatoms. The van der Waals surface area contributed by atoms with E-state index in [1.54, 1.807) is 0 Å². The molecule has 1 saturated carbocycles. The predicted octanol–water partition coefficient (Wildman–Crippen LogP) is 3.20. The SMILES string of the molecule is CCC1CCCC(CC2CCNC2)C1. The summed E-state index contributed by atoms with van der Waals surface area (Å²) in [7, 11) is 0. The molecular formula is C13H25N. The molecule has 0 spiro atoms. The number of hydrogen-bond donors (Lipinski definition) is 1. The number of rotatable bonds is 3. The van der Waals surface area contributed by atoms with Crippen LogP contribution in [0.4, 0.5) is 0 Å². The molecule has 14 heavy (non-hydrogen) atoms. The zero-order valence-electron chi connectivity index (χ0n) is 9.60. The van der Waals surface area contributed by atoms with Gasteiger partial charge in [0.05, 0.1) is 0 Å². The van der Waals surface area contributed by atoms with Crippen molar-refractivity contribution in [2.45, 2.75) is 51.9 Å². The van der Waals surface area contributed by atoms with Crippen molar-refractivity contribution in [1.29, 1.82) is 0 Å². The Morgan fingerprint density at radius 3 is 2.64 bits per heavy atom. The van der Waals surface area contributed by atoms with Gasteiger partial charge in [0.2, 0.25) is 0 Å². The van der Waals surface area contributed by atoms with E-state index in [9.17, 15) is 0 Å². The van der Waals surface area contributed by atoms with E-state index in [0.717, 1.165) is 17.8 Å². The maximum Gasteiger partial charge on any atom is -0.00199 e. The molecule has 3 atom stereocenters. The van der Waals surface area contributed by atoms with Crippen LogP contribution in [0.2, 0.25) is 0 Å². The molecule has 0 aromatic carbocycles. The summed E-state index contributed by atoms with van der Waals surface area (Å²) in [6.45, 7) is 4.94. The van der Waals surface area contributed by atoms with Gasteiger partial charge in [-0.3, -0.25) is 0 Å². The zero-order valence-corrected chi connectivity index (χ0v) is 9.60. The van der Waals surface area contributed by atoms with E-state index in [2.05, 4.69) is 12.2 Å². The molecule has 2 aliphatic rings. The topological polar surface area (TPSA) is 12.0 Å². The van der Waals surface area contributed by atoms with Crippen molar-refractivity contribution in [3.05, 3.63) is 0 Å². The van der Waals surface area contributed by atoms with Crippen LogP contribution in [-0.2, 0) is 0 Å². The summed E-state index contributed by atoms with van der Waals surface area (Å²) in [4.78, 5) is 0. The first-order valence-electron chi connectivity index (χ1n) is 6.59. The Bertz CT molecular complexity index is 161. The molecular weight excluding hydrogens is 170 g/mol. The van der Waals surface area contributed by atoms with Gasteiger partial charge in [-0.05, 0) is 50.1 Å². The fourth-order valence-corrected chi connectivity index (χ4v) is 3.37. The molecule has 1 nitrogen and oxygen atoms in total. The third-order valence-electron chi connectivity index (χ3n) is 4.30. The van der Waals surface area contributed by atoms with Crippen LogP contribution >= 0.6 is 0 Å². The Balaban J connectivity index is 1.73. The lowest BCUT2D eigenvalue weighted by Gasteiger charge is -2.30. The molecule has 1 aliphatic heterocycles. The first-order valence-corrected chi connectivity index (χ1v) is 6.59. The zero-order chi connectivity index (χ0) is 9.80. The van der Waals surface area contributed by atoms with Gasteiger partial charge in [-0.15, -0.1) is 0 Å². The van der Waals surface area contributed by atoms with Gasteiger partial charge in [-0.2, -0.15) is 0 Å². The highest BCUT2D eigenvalue weighted by Crippen LogP contribution is 2.35. The average molecular weight is 195 g/mol. The van der Waals surface area contributed by atoms with Gasteiger partial charge in [-0.1, -0.05) is 32.6 Å². The molecule has 0 amide bonds. The van der Waals surface area contributed by atoms with Crippen molar-refractivity contribution in [3.63, 3.8) is 0 Å². The first-order chi connectivity index (χ1) is 6.88. The van der Waals surface area contributed by atoms with Gasteiger partial charge >= 0.3 is 0 Å². The van der Waals surface area contributed by atoms with E-state index in [4.69, 9.17) is 0 Å². The van der Waals surface area contributed by atoms with Crippen molar-refractivity contribution >= 4 is 0 Å². The smallest absolute Gasteiger partial charge is 0.00199 e. The summed E-state index contributed by atoms with van der Waals surface area (Å²) in [6.07, 6.45) is 10.4. The van der Waals surface area contributed by atoms with E-state index >= 15 is 0 Å². The van der Waals surface area contributed by atoms with E-state index in [-0.39, 0.29) is 0 Å². The van der Waals surface area contributed by atoms with E-state index in [1.165, 1.54) is 58.0 Å². The van der Waals surface area contributed by atoms with Crippen LogP contribution in [0.5, 0.6) is 0 Å². The van der Waals surface area contributed by atoms with Gasteiger partial charge in [-0.25, -0.2) is 0 Å². The summed E-state index contributed by atoms with van der Waals surface area (Å²) in [5, 5.41) is 3.49. The Kier molecular flexibility index (Phi) is 3.86. The van der Waals surface area contributed by atoms with Crippen LogP contribution < -0.4 is 5.32 Å². The minimum Gasteiger partial charge on any atom is -0.316 e. The maximum atomic E-state index is 3.49. The first kappa shape index (κ1) is 10.5. The van der Waals surface area contributed by atoms with E-state index < -0.39 is 0 Å². The lowest BCUT2D eigenvalue weighted by Crippen LogP contribution is -2.19. The highest BCUT2D eigenvalue weighted by molar-refractivity contribution is 4.78.